The van der Waals surface area contributed by atoms with Crippen LogP contribution in [0.25, 0.3) is 5.57 Å². The second-order valence-corrected chi connectivity index (χ2v) is 6.54. The van der Waals surface area contributed by atoms with Crippen LogP contribution >= 0.6 is 0 Å². The Kier molecular flexibility index (Phi) is 3.17. The summed E-state index contributed by atoms with van der Waals surface area (Å²) in [7, 11) is 2.04. The van der Waals surface area contributed by atoms with E-state index in [2.05, 4.69) is 42.5 Å². The van der Waals surface area contributed by atoms with Gasteiger partial charge in [-0.3, -0.25) is 4.79 Å². The number of carbonyl (C=O) groups excluding carboxylic acids is 1. The molecule has 4 rings (SSSR count). The highest BCUT2D eigenvalue weighted by Crippen LogP contribution is 2.48. The van der Waals surface area contributed by atoms with Crippen molar-refractivity contribution >= 4 is 17.2 Å². The average molecular weight is 320 g/mol. The molecule has 1 aliphatic carbocycles. The first-order valence-electron chi connectivity index (χ1n) is 8.09. The topological polar surface area (TPSA) is 41.6 Å². The van der Waals surface area contributed by atoms with Gasteiger partial charge in [-0.05, 0) is 60.4 Å². The fraction of sp³-hybridized carbons (Fsp3) is 0.250. The second kappa shape index (κ2) is 5.13. The second-order valence-electron chi connectivity index (χ2n) is 6.54. The van der Waals surface area contributed by atoms with Gasteiger partial charge in [0.25, 0.3) is 0 Å². The first-order chi connectivity index (χ1) is 11.5. The van der Waals surface area contributed by atoms with Gasteiger partial charge in [-0.2, -0.15) is 0 Å². The van der Waals surface area contributed by atoms with Gasteiger partial charge in [-0.15, -0.1) is 0 Å². The third-order valence-electron chi connectivity index (χ3n) is 4.90. The van der Waals surface area contributed by atoms with Gasteiger partial charge in [-0.25, -0.2) is 0 Å². The molecular weight excluding hydrogens is 300 g/mol. The zero-order valence-electron chi connectivity index (χ0n) is 14.3. The van der Waals surface area contributed by atoms with Crippen molar-refractivity contribution in [2.75, 3.05) is 12.4 Å². The summed E-state index contributed by atoms with van der Waals surface area (Å²) in [5.74, 6) is 0.290. The van der Waals surface area contributed by atoms with Gasteiger partial charge in [0, 0.05) is 43.2 Å². The van der Waals surface area contributed by atoms with Gasteiger partial charge in [0.15, 0.2) is 0 Å². The van der Waals surface area contributed by atoms with Crippen molar-refractivity contribution in [3.05, 3.63) is 64.5 Å². The zero-order valence-corrected chi connectivity index (χ0v) is 14.3. The standard InChI is InChI=1S/C20H20N2O2/c1-11-17-10-22(4)8-7-15(17)12(2)20-19(11)16-9-14(24-13(3)23)5-6-18(16)21-20/h5-10,20-21H,1-4H3. The molecule has 0 amide bonds. The Morgan fingerprint density at radius 2 is 2.08 bits per heavy atom. The highest BCUT2D eigenvalue weighted by atomic mass is 16.5. The highest BCUT2D eigenvalue weighted by Gasteiger charge is 2.36. The summed E-state index contributed by atoms with van der Waals surface area (Å²) in [6.45, 7) is 5.78. The number of hydrogen-bond acceptors (Lipinski definition) is 4. The molecule has 24 heavy (non-hydrogen) atoms. The lowest BCUT2D eigenvalue weighted by Crippen LogP contribution is -2.24. The van der Waals surface area contributed by atoms with E-state index in [0.29, 0.717) is 5.75 Å². The molecule has 0 fully saturated rings. The molecular formula is C20H20N2O2. The van der Waals surface area contributed by atoms with Crippen LogP contribution in [0.5, 0.6) is 5.75 Å². The van der Waals surface area contributed by atoms with Crippen molar-refractivity contribution in [3.8, 4) is 5.75 Å². The van der Waals surface area contributed by atoms with Gasteiger partial charge >= 0.3 is 5.97 Å². The first kappa shape index (κ1) is 14.8. The van der Waals surface area contributed by atoms with Crippen molar-refractivity contribution < 1.29 is 9.53 Å². The van der Waals surface area contributed by atoms with Crippen molar-refractivity contribution in [3.63, 3.8) is 0 Å². The molecule has 3 aliphatic rings. The maximum Gasteiger partial charge on any atom is 0.308 e. The normalized spacial score (nSPS) is 21.1. The van der Waals surface area contributed by atoms with Crippen LogP contribution in [-0.4, -0.2) is 24.0 Å². The van der Waals surface area contributed by atoms with E-state index in [9.17, 15) is 4.79 Å². The van der Waals surface area contributed by atoms with E-state index in [4.69, 9.17) is 4.74 Å². The molecule has 1 unspecified atom stereocenters. The number of hydrogen-bond donors (Lipinski definition) is 1. The lowest BCUT2D eigenvalue weighted by molar-refractivity contribution is -0.131. The number of esters is 1. The summed E-state index contributed by atoms with van der Waals surface area (Å²) in [6.07, 6.45) is 6.44. The summed E-state index contributed by atoms with van der Waals surface area (Å²) in [4.78, 5) is 13.3. The molecule has 122 valence electrons. The first-order valence-corrected chi connectivity index (χ1v) is 8.09. The minimum absolute atomic E-state index is 0.174. The third-order valence-corrected chi connectivity index (χ3v) is 4.90. The van der Waals surface area contributed by atoms with Crippen LogP contribution in [0.2, 0.25) is 0 Å². The number of ether oxygens (including phenoxy) is 1. The summed E-state index contributed by atoms with van der Waals surface area (Å²) in [6, 6.07) is 5.96. The number of nitrogens with zero attached hydrogens (tertiary/aromatic N) is 1. The predicted octanol–water partition coefficient (Wildman–Crippen LogP) is 3.85. The molecule has 4 heteroatoms. The fourth-order valence-electron chi connectivity index (χ4n) is 3.77. The minimum atomic E-state index is -0.299. The Balaban J connectivity index is 1.87. The summed E-state index contributed by atoms with van der Waals surface area (Å²) in [5.41, 5.74) is 8.61. The lowest BCUT2D eigenvalue weighted by atomic mass is 9.79. The van der Waals surface area contributed by atoms with Crippen LogP contribution in [0.15, 0.2) is 59.0 Å². The summed E-state index contributed by atoms with van der Waals surface area (Å²) < 4.78 is 5.27. The molecule has 0 saturated carbocycles. The number of anilines is 1. The predicted molar refractivity (Wildman–Crippen MR) is 95.4 cm³/mol. The fourth-order valence-corrected chi connectivity index (χ4v) is 3.77. The van der Waals surface area contributed by atoms with Gasteiger partial charge in [0.2, 0.25) is 0 Å². The number of fused-ring (bicyclic) bond motifs is 4. The molecule has 2 aliphatic heterocycles. The van der Waals surface area contributed by atoms with Gasteiger partial charge in [0.1, 0.15) is 5.75 Å². The Labute approximate surface area is 141 Å². The summed E-state index contributed by atoms with van der Waals surface area (Å²) >= 11 is 0. The number of nitrogens with one attached hydrogen (secondary N) is 1. The van der Waals surface area contributed by atoms with E-state index < -0.39 is 0 Å². The van der Waals surface area contributed by atoms with Crippen molar-refractivity contribution in [2.24, 2.45) is 0 Å². The summed E-state index contributed by atoms with van der Waals surface area (Å²) in [5, 5.41) is 3.61. The van der Waals surface area contributed by atoms with Crippen LogP contribution in [0.4, 0.5) is 5.69 Å². The van der Waals surface area contributed by atoms with Crippen molar-refractivity contribution in [2.45, 2.75) is 26.8 Å². The van der Waals surface area contributed by atoms with Crippen LogP contribution in [0.1, 0.15) is 26.3 Å². The van der Waals surface area contributed by atoms with E-state index in [1.165, 1.54) is 34.8 Å². The van der Waals surface area contributed by atoms with E-state index in [1.807, 2.05) is 25.2 Å². The van der Waals surface area contributed by atoms with Crippen LogP contribution < -0.4 is 10.1 Å². The number of allylic oxidation sites excluding steroid dienone is 4. The Hall–Kier alpha value is -2.75. The molecule has 1 aromatic carbocycles. The minimum Gasteiger partial charge on any atom is -0.427 e. The number of rotatable bonds is 1. The number of benzene rings is 1. The molecule has 1 N–H and O–H groups in total. The Morgan fingerprint density at radius 3 is 2.83 bits per heavy atom. The molecule has 1 atom stereocenters. The molecule has 2 heterocycles. The zero-order chi connectivity index (χ0) is 17.0. The lowest BCUT2D eigenvalue weighted by Gasteiger charge is -2.31. The molecule has 0 aromatic heterocycles. The van der Waals surface area contributed by atoms with E-state index in [-0.39, 0.29) is 12.0 Å². The molecule has 0 spiro atoms. The van der Waals surface area contributed by atoms with E-state index in [0.717, 1.165) is 11.3 Å². The smallest absolute Gasteiger partial charge is 0.308 e. The van der Waals surface area contributed by atoms with Crippen LogP contribution in [-0.2, 0) is 4.79 Å². The molecule has 0 radical (unpaired) electrons. The maximum atomic E-state index is 11.3. The third kappa shape index (κ3) is 2.10. The van der Waals surface area contributed by atoms with E-state index in [1.54, 1.807) is 0 Å². The SMILES string of the molecule is CC(=O)Oc1ccc2c(c1)C1=C(C)C3=CN(C)C=CC3=C(C)C1N2. The van der Waals surface area contributed by atoms with Crippen LogP contribution in [0.3, 0.4) is 0 Å². The quantitative estimate of drug-likeness (QED) is 0.630. The monoisotopic (exact) mass is 320 g/mol. The molecule has 4 nitrogen and oxygen atoms in total. The van der Waals surface area contributed by atoms with Gasteiger partial charge < -0.3 is 15.0 Å². The Bertz CT molecular complexity index is 887. The van der Waals surface area contributed by atoms with Crippen molar-refractivity contribution in [1.82, 2.24) is 4.90 Å². The maximum absolute atomic E-state index is 11.3. The molecule has 1 aromatic rings. The molecule has 0 saturated heterocycles. The largest absolute Gasteiger partial charge is 0.427 e. The number of carbonyl (C=O) groups is 1. The van der Waals surface area contributed by atoms with Gasteiger partial charge in [-0.1, -0.05) is 0 Å². The van der Waals surface area contributed by atoms with Crippen molar-refractivity contribution in [1.29, 1.82) is 0 Å². The average Bonchev–Trinajstić information content (AvgIpc) is 2.91. The highest BCUT2D eigenvalue weighted by molar-refractivity contribution is 5.95. The van der Waals surface area contributed by atoms with Gasteiger partial charge in [0.05, 0.1) is 6.04 Å². The van der Waals surface area contributed by atoms with E-state index >= 15 is 0 Å². The Morgan fingerprint density at radius 1 is 1.29 bits per heavy atom. The molecule has 0 bridgehead atoms. The van der Waals surface area contributed by atoms with Crippen LogP contribution in [0, 0.1) is 0 Å².